The van der Waals surface area contributed by atoms with Gasteiger partial charge in [0, 0.05) is 35.5 Å². The standard InChI is InChI=1S/C25H27N3O3/c1-4-31-18-10-8-17(9-11-18)23-22(25(30)28-21-7-5-6-12-26-21)16(3)27-19-13-15(2)14-20(29)24(19)23/h5-12,15,22-23H,4,13-14H2,1-3H3,(H,26,28,30)/t15-,22+,23+/m0/s1. The van der Waals surface area contributed by atoms with Crippen LogP contribution < -0.4 is 10.1 Å². The summed E-state index contributed by atoms with van der Waals surface area (Å²) >= 11 is 0. The van der Waals surface area contributed by atoms with Crippen LogP contribution in [0.5, 0.6) is 5.75 Å². The minimum absolute atomic E-state index is 0.0829. The zero-order chi connectivity index (χ0) is 22.0. The van der Waals surface area contributed by atoms with Gasteiger partial charge in [0.05, 0.1) is 12.5 Å². The summed E-state index contributed by atoms with van der Waals surface area (Å²) in [5.41, 5.74) is 3.12. The molecule has 0 bridgehead atoms. The van der Waals surface area contributed by atoms with Crippen LogP contribution in [0.2, 0.25) is 0 Å². The Morgan fingerprint density at radius 2 is 1.94 bits per heavy atom. The van der Waals surface area contributed by atoms with Gasteiger partial charge in [0.1, 0.15) is 11.6 Å². The summed E-state index contributed by atoms with van der Waals surface area (Å²) in [5.74, 6) is 0.399. The zero-order valence-electron chi connectivity index (χ0n) is 18.1. The van der Waals surface area contributed by atoms with Crippen LogP contribution in [0.4, 0.5) is 5.82 Å². The molecule has 0 saturated heterocycles. The van der Waals surface area contributed by atoms with Gasteiger partial charge in [0.15, 0.2) is 5.78 Å². The van der Waals surface area contributed by atoms with Crippen LogP contribution in [0.15, 0.2) is 64.9 Å². The molecule has 0 spiro atoms. The van der Waals surface area contributed by atoms with E-state index in [1.54, 1.807) is 18.3 Å². The van der Waals surface area contributed by atoms with Gasteiger partial charge in [-0.05, 0) is 56.0 Å². The zero-order valence-corrected chi connectivity index (χ0v) is 18.1. The molecule has 160 valence electrons. The molecule has 1 aromatic heterocycles. The third-order valence-corrected chi connectivity index (χ3v) is 5.84. The van der Waals surface area contributed by atoms with Gasteiger partial charge in [-0.3, -0.25) is 14.6 Å². The van der Waals surface area contributed by atoms with Crippen molar-refractivity contribution >= 4 is 23.2 Å². The fourth-order valence-corrected chi connectivity index (χ4v) is 4.53. The van der Waals surface area contributed by atoms with E-state index in [2.05, 4.69) is 17.2 Å². The first-order valence-electron chi connectivity index (χ1n) is 10.7. The predicted octanol–water partition coefficient (Wildman–Crippen LogP) is 4.55. The fourth-order valence-electron chi connectivity index (χ4n) is 4.53. The highest BCUT2D eigenvalue weighted by atomic mass is 16.5. The van der Waals surface area contributed by atoms with Crippen LogP contribution in [0, 0.1) is 11.8 Å². The van der Waals surface area contributed by atoms with Gasteiger partial charge >= 0.3 is 0 Å². The Hall–Kier alpha value is -3.28. The maximum atomic E-state index is 13.4. The molecule has 1 aliphatic carbocycles. The minimum atomic E-state index is -0.587. The number of rotatable bonds is 5. The van der Waals surface area contributed by atoms with Crippen molar-refractivity contribution < 1.29 is 14.3 Å². The third-order valence-electron chi connectivity index (χ3n) is 5.84. The Bertz CT molecular complexity index is 1040. The summed E-state index contributed by atoms with van der Waals surface area (Å²) in [6.45, 7) is 6.46. The molecule has 0 saturated carbocycles. The van der Waals surface area contributed by atoms with E-state index in [4.69, 9.17) is 9.73 Å². The number of aliphatic imine (C=N–C) groups is 1. The lowest BCUT2D eigenvalue weighted by Gasteiger charge is -2.36. The van der Waals surface area contributed by atoms with Gasteiger partial charge in [-0.25, -0.2) is 4.98 Å². The molecule has 2 aliphatic rings. The first-order valence-corrected chi connectivity index (χ1v) is 10.7. The van der Waals surface area contributed by atoms with E-state index < -0.39 is 5.92 Å². The molecule has 6 heteroatoms. The summed E-state index contributed by atoms with van der Waals surface area (Å²) in [6.07, 6.45) is 2.87. The normalized spacial score (nSPS) is 23.1. The SMILES string of the molecule is CCOc1ccc([C@H]2C3=C(C[C@H](C)CC3=O)N=C(C)[C@H]2C(=O)Nc2ccccn2)cc1. The van der Waals surface area contributed by atoms with Crippen molar-refractivity contribution in [1.29, 1.82) is 0 Å². The molecule has 0 unspecified atom stereocenters. The Morgan fingerprint density at radius 3 is 2.61 bits per heavy atom. The Balaban J connectivity index is 1.76. The number of nitrogens with one attached hydrogen (secondary N) is 1. The summed E-state index contributed by atoms with van der Waals surface area (Å²) < 4.78 is 5.57. The Kier molecular flexibility index (Phi) is 5.98. The van der Waals surface area contributed by atoms with Gasteiger partial charge < -0.3 is 10.1 Å². The van der Waals surface area contributed by atoms with E-state index >= 15 is 0 Å². The fraction of sp³-hybridized carbons (Fsp3) is 0.360. The molecule has 1 amide bonds. The van der Waals surface area contributed by atoms with Crippen molar-refractivity contribution in [3.05, 3.63) is 65.5 Å². The van der Waals surface area contributed by atoms with E-state index in [-0.39, 0.29) is 23.5 Å². The molecular formula is C25H27N3O3. The number of carbonyl (C=O) groups is 2. The van der Waals surface area contributed by atoms with Crippen molar-refractivity contribution in [3.63, 3.8) is 0 Å². The van der Waals surface area contributed by atoms with Crippen LogP contribution in [-0.2, 0) is 9.59 Å². The molecular weight excluding hydrogens is 390 g/mol. The van der Waals surface area contributed by atoms with Crippen molar-refractivity contribution in [1.82, 2.24) is 4.98 Å². The Labute approximate surface area is 182 Å². The van der Waals surface area contributed by atoms with Crippen LogP contribution in [0.25, 0.3) is 0 Å². The van der Waals surface area contributed by atoms with E-state index in [1.165, 1.54) is 0 Å². The first-order chi connectivity index (χ1) is 15.0. The van der Waals surface area contributed by atoms with E-state index in [1.807, 2.05) is 44.2 Å². The first kappa shape index (κ1) is 21.0. The number of ether oxygens (including phenoxy) is 1. The lowest BCUT2D eigenvalue weighted by atomic mass is 9.70. The van der Waals surface area contributed by atoms with Crippen molar-refractivity contribution in [2.24, 2.45) is 16.8 Å². The maximum Gasteiger partial charge on any atom is 0.235 e. The topological polar surface area (TPSA) is 80.6 Å². The highest BCUT2D eigenvalue weighted by Crippen LogP contribution is 2.44. The molecule has 1 N–H and O–H groups in total. The number of anilines is 1. The number of pyridine rings is 1. The number of ketones is 1. The molecule has 3 atom stereocenters. The molecule has 31 heavy (non-hydrogen) atoms. The number of nitrogens with zero attached hydrogens (tertiary/aromatic N) is 2. The second-order valence-corrected chi connectivity index (χ2v) is 8.21. The molecule has 1 aliphatic heterocycles. The summed E-state index contributed by atoms with van der Waals surface area (Å²) in [4.78, 5) is 35.5. The number of allylic oxidation sites excluding steroid dienone is 2. The van der Waals surface area contributed by atoms with Crippen LogP contribution in [0.1, 0.15) is 45.1 Å². The molecule has 0 radical (unpaired) electrons. The van der Waals surface area contributed by atoms with E-state index in [0.717, 1.165) is 23.4 Å². The highest BCUT2D eigenvalue weighted by Gasteiger charge is 2.43. The average Bonchev–Trinajstić information content (AvgIpc) is 2.74. The second-order valence-electron chi connectivity index (χ2n) is 8.21. The quantitative estimate of drug-likeness (QED) is 0.774. The van der Waals surface area contributed by atoms with Crippen LogP contribution >= 0.6 is 0 Å². The molecule has 0 fully saturated rings. The van der Waals surface area contributed by atoms with Gasteiger partial charge in [0.2, 0.25) is 5.91 Å². The van der Waals surface area contributed by atoms with Crippen LogP contribution in [0.3, 0.4) is 0 Å². The van der Waals surface area contributed by atoms with Crippen molar-refractivity contribution in [3.8, 4) is 5.75 Å². The smallest absolute Gasteiger partial charge is 0.235 e. The summed E-state index contributed by atoms with van der Waals surface area (Å²) in [7, 11) is 0. The molecule has 1 aromatic carbocycles. The number of Topliss-reactive ketones (excluding diaryl/α,β-unsaturated/α-hetero) is 1. The van der Waals surface area contributed by atoms with E-state index in [9.17, 15) is 9.59 Å². The maximum absolute atomic E-state index is 13.4. The van der Waals surface area contributed by atoms with Crippen molar-refractivity contribution in [2.45, 2.75) is 39.5 Å². The number of carbonyl (C=O) groups excluding carboxylic acids is 2. The van der Waals surface area contributed by atoms with Gasteiger partial charge in [-0.1, -0.05) is 25.1 Å². The second kappa shape index (κ2) is 8.84. The molecule has 6 nitrogen and oxygen atoms in total. The minimum Gasteiger partial charge on any atom is -0.494 e. The molecule has 2 heterocycles. The van der Waals surface area contributed by atoms with Crippen LogP contribution in [-0.4, -0.2) is 29.0 Å². The monoisotopic (exact) mass is 417 g/mol. The summed E-state index contributed by atoms with van der Waals surface area (Å²) in [5, 5.41) is 2.90. The predicted molar refractivity (Wildman–Crippen MR) is 120 cm³/mol. The lowest BCUT2D eigenvalue weighted by Crippen LogP contribution is -2.39. The number of benzene rings is 1. The average molecular weight is 418 g/mol. The largest absolute Gasteiger partial charge is 0.494 e. The lowest BCUT2D eigenvalue weighted by molar-refractivity contribution is -0.119. The van der Waals surface area contributed by atoms with Crippen molar-refractivity contribution in [2.75, 3.05) is 11.9 Å². The summed E-state index contributed by atoms with van der Waals surface area (Å²) in [6, 6.07) is 13.0. The highest BCUT2D eigenvalue weighted by molar-refractivity contribution is 6.13. The molecule has 2 aromatic rings. The van der Waals surface area contributed by atoms with Gasteiger partial charge in [0.25, 0.3) is 0 Å². The van der Waals surface area contributed by atoms with Gasteiger partial charge in [-0.2, -0.15) is 0 Å². The Morgan fingerprint density at radius 1 is 1.16 bits per heavy atom. The number of hydrogen-bond acceptors (Lipinski definition) is 5. The number of hydrogen-bond donors (Lipinski definition) is 1. The number of amides is 1. The van der Waals surface area contributed by atoms with Gasteiger partial charge in [-0.15, -0.1) is 0 Å². The molecule has 4 rings (SSSR count). The van der Waals surface area contributed by atoms with E-state index in [0.29, 0.717) is 30.1 Å². The number of aromatic nitrogens is 1. The third kappa shape index (κ3) is 4.29.